The summed E-state index contributed by atoms with van der Waals surface area (Å²) < 4.78 is 6.74. The molecule has 0 amide bonds. The molecule has 2 aromatic carbocycles. The first kappa shape index (κ1) is 12.3. The second-order valence-corrected chi connectivity index (χ2v) is 4.96. The van der Waals surface area contributed by atoms with Gasteiger partial charge in [0.05, 0.1) is 5.02 Å². The van der Waals surface area contributed by atoms with Crippen molar-refractivity contribution >= 4 is 33.2 Å². The van der Waals surface area contributed by atoms with E-state index in [9.17, 15) is 0 Å². The van der Waals surface area contributed by atoms with E-state index in [0.717, 1.165) is 15.8 Å². The fourth-order valence-corrected chi connectivity index (χ4v) is 1.88. The van der Waals surface area contributed by atoms with Crippen molar-refractivity contribution < 1.29 is 4.74 Å². The molecule has 0 aliphatic heterocycles. The maximum atomic E-state index is 6.04. The van der Waals surface area contributed by atoms with E-state index in [2.05, 4.69) is 15.9 Å². The summed E-state index contributed by atoms with van der Waals surface area (Å²) in [6.07, 6.45) is 0. The Labute approximate surface area is 113 Å². The Balaban J connectivity index is 2.28. The molecule has 0 radical (unpaired) electrons. The number of benzene rings is 2. The van der Waals surface area contributed by atoms with Gasteiger partial charge in [0.1, 0.15) is 11.5 Å². The number of aryl methyl sites for hydroxylation is 1. The molecule has 88 valence electrons. The highest BCUT2D eigenvalue weighted by atomic mass is 79.9. The fourth-order valence-electron chi connectivity index (χ4n) is 1.41. The van der Waals surface area contributed by atoms with Crippen LogP contribution in [0.3, 0.4) is 0 Å². The van der Waals surface area contributed by atoms with Crippen molar-refractivity contribution in [2.75, 3.05) is 5.73 Å². The van der Waals surface area contributed by atoms with Gasteiger partial charge in [-0.15, -0.1) is 0 Å². The van der Waals surface area contributed by atoms with Crippen molar-refractivity contribution in [2.45, 2.75) is 6.92 Å². The smallest absolute Gasteiger partial charge is 0.146 e. The van der Waals surface area contributed by atoms with Crippen LogP contribution < -0.4 is 10.5 Å². The van der Waals surface area contributed by atoms with Gasteiger partial charge in [-0.2, -0.15) is 0 Å². The van der Waals surface area contributed by atoms with Gasteiger partial charge in [0.2, 0.25) is 0 Å². The van der Waals surface area contributed by atoms with Crippen LogP contribution in [0.4, 0.5) is 5.69 Å². The summed E-state index contributed by atoms with van der Waals surface area (Å²) in [6, 6.07) is 10.9. The lowest BCUT2D eigenvalue weighted by Gasteiger charge is -2.09. The molecule has 0 aliphatic rings. The number of halogens is 2. The fraction of sp³-hybridized carbons (Fsp3) is 0.0769. The number of hydrogen-bond donors (Lipinski definition) is 1. The molecule has 2 N–H and O–H groups in total. The largest absolute Gasteiger partial charge is 0.456 e. The molecule has 0 heterocycles. The predicted molar refractivity (Wildman–Crippen MR) is 74.8 cm³/mol. The SMILES string of the molecule is Cc1cc(Oc2ccc(N)cc2Cl)ccc1Br. The van der Waals surface area contributed by atoms with Crippen molar-refractivity contribution in [3.8, 4) is 11.5 Å². The first-order chi connectivity index (χ1) is 8.06. The van der Waals surface area contributed by atoms with Gasteiger partial charge in [-0.25, -0.2) is 0 Å². The molecular weight excluding hydrogens is 302 g/mol. The van der Waals surface area contributed by atoms with Crippen LogP contribution in [0.25, 0.3) is 0 Å². The third-order valence-corrected chi connectivity index (χ3v) is 3.50. The Morgan fingerprint density at radius 1 is 1.18 bits per heavy atom. The van der Waals surface area contributed by atoms with Gasteiger partial charge >= 0.3 is 0 Å². The number of nitrogen functional groups attached to an aromatic ring is 1. The standard InChI is InChI=1S/C13H11BrClNO/c1-8-6-10(3-4-11(8)14)17-13-5-2-9(16)7-12(13)15/h2-7H,16H2,1H3. The number of anilines is 1. The maximum Gasteiger partial charge on any atom is 0.146 e. The first-order valence-electron chi connectivity index (χ1n) is 5.05. The normalized spacial score (nSPS) is 10.3. The molecule has 2 aromatic rings. The lowest BCUT2D eigenvalue weighted by molar-refractivity contribution is 0.482. The predicted octanol–water partition coefficient (Wildman–Crippen LogP) is 4.79. The Morgan fingerprint density at radius 2 is 1.94 bits per heavy atom. The lowest BCUT2D eigenvalue weighted by atomic mass is 10.2. The highest BCUT2D eigenvalue weighted by Gasteiger charge is 2.04. The van der Waals surface area contributed by atoms with Crippen LogP contribution in [-0.4, -0.2) is 0 Å². The van der Waals surface area contributed by atoms with Crippen LogP contribution in [0.2, 0.25) is 5.02 Å². The van der Waals surface area contributed by atoms with E-state index < -0.39 is 0 Å². The van der Waals surface area contributed by atoms with E-state index >= 15 is 0 Å². The second kappa shape index (κ2) is 4.98. The summed E-state index contributed by atoms with van der Waals surface area (Å²) in [5.74, 6) is 1.35. The molecule has 4 heteroatoms. The summed E-state index contributed by atoms with van der Waals surface area (Å²) >= 11 is 9.48. The van der Waals surface area contributed by atoms with Gasteiger partial charge in [-0.3, -0.25) is 0 Å². The van der Waals surface area contributed by atoms with Crippen molar-refractivity contribution in [1.29, 1.82) is 0 Å². The Bertz CT molecular complexity index is 557. The molecule has 17 heavy (non-hydrogen) atoms. The second-order valence-electron chi connectivity index (χ2n) is 3.70. The number of nitrogens with two attached hydrogens (primary N) is 1. The summed E-state index contributed by atoms with van der Waals surface area (Å²) in [6.45, 7) is 2.00. The Kier molecular flexibility index (Phi) is 3.60. The molecule has 2 rings (SSSR count). The van der Waals surface area contributed by atoms with Crippen LogP contribution in [-0.2, 0) is 0 Å². The Morgan fingerprint density at radius 3 is 2.59 bits per heavy atom. The van der Waals surface area contributed by atoms with Crippen LogP contribution >= 0.6 is 27.5 Å². The first-order valence-corrected chi connectivity index (χ1v) is 6.22. The third-order valence-electron chi connectivity index (χ3n) is 2.31. The van der Waals surface area contributed by atoms with Gasteiger partial charge < -0.3 is 10.5 Å². The minimum atomic E-state index is 0.505. The van der Waals surface area contributed by atoms with Gasteiger partial charge in [0.25, 0.3) is 0 Å². The van der Waals surface area contributed by atoms with Crippen molar-refractivity contribution in [2.24, 2.45) is 0 Å². The molecule has 0 aliphatic carbocycles. The zero-order valence-electron chi connectivity index (χ0n) is 9.21. The maximum absolute atomic E-state index is 6.04. The number of rotatable bonds is 2. The molecule has 0 saturated heterocycles. The van der Waals surface area contributed by atoms with Crippen LogP contribution in [0.1, 0.15) is 5.56 Å². The van der Waals surface area contributed by atoms with Gasteiger partial charge in [-0.05, 0) is 48.9 Å². The van der Waals surface area contributed by atoms with Gasteiger partial charge in [0, 0.05) is 10.2 Å². The molecule has 0 bridgehead atoms. The van der Waals surface area contributed by atoms with E-state index in [-0.39, 0.29) is 0 Å². The average Bonchev–Trinajstić information content (AvgIpc) is 2.27. The van der Waals surface area contributed by atoms with Gasteiger partial charge in [-0.1, -0.05) is 27.5 Å². The summed E-state index contributed by atoms with van der Waals surface area (Å²) in [5.41, 5.74) is 7.34. The van der Waals surface area contributed by atoms with E-state index in [4.69, 9.17) is 22.1 Å². The molecule has 2 nitrogen and oxygen atoms in total. The van der Waals surface area contributed by atoms with Crippen molar-refractivity contribution in [1.82, 2.24) is 0 Å². The molecule has 0 aromatic heterocycles. The monoisotopic (exact) mass is 311 g/mol. The van der Waals surface area contributed by atoms with E-state index in [1.807, 2.05) is 25.1 Å². The summed E-state index contributed by atoms with van der Waals surface area (Å²) in [5, 5.41) is 0.505. The highest BCUT2D eigenvalue weighted by Crippen LogP contribution is 2.32. The minimum absolute atomic E-state index is 0.505. The summed E-state index contributed by atoms with van der Waals surface area (Å²) in [7, 11) is 0. The molecular formula is C13H11BrClNO. The molecule has 0 fully saturated rings. The number of hydrogen-bond acceptors (Lipinski definition) is 2. The number of ether oxygens (including phenoxy) is 1. The molecule has 0 atom stereocenters. The van der Waals surface area contributed by atoms with Gasteiger partial charge in [0.15, 0.2) is 0 Å². The molecule has 0 spiro atoms. The topological polar surface area (TPSA) is 35.2 Å². The minimum Gasteiger partial charge on any atom is -0.456 e. The van der Waals surface area contributed by atoms with Crippen LogP contribution in [0, 0.1) is 6.92 Å². The average molecular weight is 313 g/mol. The van der Waals surface area contributed by atoms with Crippen molar-refractivity contribution in [3.05, 3.63) is 51.5 Å². The summed E-state index contributed by atoms with van der Waals surface area (Å²) in [4.78, 5) is 0. The van der Waals surface area contributed by atoms with E-state index in [0.29, 0.717) is 16.5 Å². The Hall–Kier alpha value is -1.19. The van der Waals surface area contributed by atoms with Crippen LogP contribution in [0.15, 0.2) is 40.9 Å². The van der Waals surface area contributed by atoms with Crippen LogP contribution in [0.5, 0.6) is 11.5 Å². The zero-order chi connectivity index (χ0) is 12.4. The van der Waals surface area contributed by atoms with E-state index in [1.54, 1.807) is 18.2 Å². The zero-order valence-corrected chi connectivity index (χ0v) is 11.5. The molecule has 0 unspecified atom stereocenters. The quantitative estimate of drug-likeness (QED) is 0.810. The van der Waals surface area contributed by atoms with E-state index in [1.165, 1.54) is 0 Å². The molecule has 0 saturated carbocycles. The highest BCUT2D eigenvalue weighted by molar-refractivity contribution is 9.10. The lowest BCUT2D eigenvalue weighted by Crippen LogP contribution is -1.89. The third kappa shape index (κ3) is 2.93. The van der Waals surface area contributed by atoms with Crippen molar-refractivity contribution in [3.63, 3.8) is 0 Å².